The quantitative estimate of drug-likeness (QED) is 0.670. The largest absolute Gasteiger partial charge is 0.492 e. The molecule has 0 atom stereocenters. The molecule has 0 heterocycles. The number of benzene rings is 1. The minimum absolute atomic E-state index is 0.719. The number of halogens is 1. The maximum absolute atomic E-state index is 5.46. The molecule has 0 amide bonds. The van der Waals surface area contributed by atoms with Gasteiger partial charge in [-0.05, 0) is 47.8 Å². The molecule has 0 aliphatic heterocycles. The Balaban J connectivity index is 2.41. The maximum Gasteiger partial charge on any atom is 0.120 e. The van der Waals surface area contributed by atoms with Crippen LogP contribution in [-0.4, -0.2) is 20.2 Å². The van der Waals surface area contributed by atoms with Crippen LogP contribution in [0.15, 0.2) is 24.3 Å². The first-order chi connectivity index (χ1) is 5.83. The summed E-state index contributed by atoms with van der Waals surface area (Å²) in [6.07, 6.45) is 0. The van der Waals surface area contributed by atoms with Crippen LogP contribution < -0.4 is 10.1 Å². The van der Waals surface area contributed by atoms with Crippen molar-refractivity contribution in [3.8, 4) is 5.75 Å². The number of rotatable bonds is 4. The maximum atomic E-state index is 5.46. The van der Waals surface area contributed by atoms with E-state index in [1.807, 2.05) is 31.3 Å². The summed E-state index contributed by atoms with van der Waals surface area (Å²) < 4.78 is 6.66. The molecule has 66 valence electrons. The Labute approximate surface area is 86.5 Å². The number of likely N-dealkylation sites (N-methyl/N-ethyl adjacent to an activating group) is 1. The summed E-state index contributed by atoms with van der Waals surface area (Å²) >= 11 is 2.27. The van der Waals surface area contributed by atoms with Crippen molar-refractivity contribution in [2.24, 2.45) is 0 Å². The summed E-state index contributed by atoms with van der Waals surface area (Å²) in [5, 5.41) is 3.03. The first-order valence-corrected chi connectivity index (χ1v) is 4.94. The predicted octanol–water partition coefficient (Wildman–Crippen LogP) is 1.89. The zero-order chi connectivity index (χ0) is 8.81. The number of ether oxygens (including phenoxy) is 1. The third kappa shape index (κ3) is 3.40. The number of nitrogens with one attached hydrogen (secondary N) is 1. The fourth-order valence-electron chi connectivity index (χ4n) is 0.828. The highest BCUT2D eigenvalue weighted by Gasteiger charge is 1.92. The van der Waals surface area contributed by atoms with Gasteiger partial charge in [0.2, 0.25) is 0 Å². The lowest BCUT2D eigenvalue weighted by Gasteiger charge is -2.05. The second-order valence-electron chi connectivity index (χ2n) is 2.41. The Hall–Kier alpha value is -0.290. The zero-order valence-corrected chi connectivity index (χ0v) is 9.17. The van der Waals surface area contributed by atoms with Crippen LogP contribution >= 0.6 is 22.6 Å². The minimum Gasteiger partial charge on any atom is -0.492 e. The third-order valence-electron chi connectivity index (χ3n) is 1.42. The molecule has 1 rings (SSSR count). The lowest BCUT2D eigenvalue weighted by Crippen LogP contribution is -2.15. The van der Waals surface area contributed by atoms with Crippen LogP contribution in [-0.2, 0) is 0 Å². The molecule has 12 heavy (non-hydrogen) atoms. The summed E-state index contributed by atoms with van der Waals surface area (Å²) in [7, 11) is 1.91. The summed E-state index contributed by atoms with van der Waals surface area (Å²) in [5.41, 5.74) is 0. The molecular formula is C9H12INO. The lowest BCUT2D eigenvalue weighted by atomic mass is 10.3. The average Bonchev–Trinajstić information content (AvgIpc) is 2.05. The summed E-state index contributed by atoms with van der Waals surface area (Å²) in [4.78, 5) is 0. The molecular weight excluding hydrogens is 265 g/mol. The molecule has 0 unspecified atom stereocenters. The van der Waals surface area contributed by atoms with Crippen molar-refractivity contribution in [3.05, 3.63) is 27.8 Å². The predicted molar refractivity (Wildman–Crippen MR) is 58.6 cm³/mol. The summed E-state index contributed by atoms with van der Waals surface area (Å²) in [6.45, 7) is 1.60. The van der Waals surface area contributed by atoms with Crippen LogP contribution in [0.2, 0.25) is 0 Å². The molecule has 0 saturated carbocycles. The molecule has 0 fully saturated rings. The van der Waals surface area contributed by atoms with Gasteiger partial charge in [0.25, 0.3) is 0 Å². The van der Waals surface area contributed by atoms with Crippen molar-refractivity contribution in [2.45, 2.75) is 0 Å². The third-order valence-corrected chi connectivity index (χ3v) is 2.09. The molecule has 1 aromatic carbocycles. The van der Waals surface area contributed by atoms with E-state index in [9.17, 15) is 0 Å². The second-order valence-corrected chi connectivity index (χ2v) is 3.66. The van der Waals surface area contributed by atoms with Gasteiger partial charge in [0.15, 0.2) is 0 Å². The van der Waals surface area contributed by atoms with E-state index in [1.165, 1.54) is 3.57 Å². The normalized spacial score (nSPS) is 9.83. The van der Waals surface area contributed by atoms with Crippen LogP contribution in [0.25, 0.3) is 0 Å². The van der Waals surface area contributed by atoms with Crippen molar-refractivity contribution in [2.75, 3.05) is 20.2 Å². The van der Waals surface area contributed by atoms with Crippen LogP contribution in [0.4, 0.5) is 0 Å². The smallest absolute Gasteiger partial charge is 0.120 e. The molecule has 0 radical (unpaired) electrons. The topological polar surface area (TPSA) is 21.3 Å². The van der Waals surface area contributed by atoms with E-state index in [4.69, 9.17) is 4.74 Å². The van der Waals surface area contributed by atoms with E-state index in [0.29, 0.717) is 0 Å². The summed E-state index contributed by atoms with van der Waals surface area (Å²) in [5.74, 6) is 0.942. The van der Waals surface area contributed by atoms with Gasteiger partial charge in [-0.1, -0.05) is 6.07 Å². The van der Waals surface area contributed by atoms with Gasteiger partial charge in [0, 0.05) is 10.1 Å². The standard InChI is InChI=1S/C9H12INO/c1-11-5-6-12-9-4-2-3-8(10)7-9/h2-4,7,11H,5-6H2,1H3. The van der Waals surface area contributed by atoms with Crippen LogP contribution in [0.5, 0.6) is 5.75 Å². The van der Waals surface area contributed by atoms with E-state index >= 15 is 0 Å². The fourth-order valence-corrected chi connectivity index (χ4v) is 1.34. The molecule has 1 N–H and O–H groups in total. The van der Waals surface area contributed by atoms with E-state index in [2.05, 4.69) is 27.9 Å². The molecule has 0 aromatic heterocycles. The molecule has 0 spiro atoms. The van der Waals surface area contributed by atoms with Gasteiger partial charge in [-0.15, -0.1) is 0 Å². The van der Waals surface area contributed by atoms with Crippen LogP contribution in [0, 0.1) is 3.57 Å². The Morgan fingerprint density at radius 1 is 1.50 bits per heavy atom. The second kappa shape index (κ2) is 5.37. The highest BCUT2D eigenvalue weighted by atomic mass is 127. The van der Waals surface area contributed by atoms with Gasteiger partial charge in [-0.3, -0.25) is 0 Å². The van der Waals surface area contributed by atoms with Crippen molar-refractivity contribution in [1.29, 1.82) is 0 Å². The molecule has 0 aliphatic carbocycles. The monoisotopic (exact) mass is 277 g/mol. The molecule has 0 aliphatic rings. The Kier molecular flexibility index (Phi) is 4.39. The SMILES string of the molecule is CNCCOc1cccc(I)c1. The van der Waals surface area contributed by atoms with Gasteiger partial charge < -0.3 is 10.1 Å². The van der Waals surface area contributed by atoms with Gasteiger partial charge >= 0.3 is 0 Å². The van der Waals surface area contributed by atoms with Crippen molar-refractivity contribution in [3.63, 3.8) is 0 Å². The Bertz CT molecular complexity index is 240. The number of hydrogen-bond donors (Lipinski definition) is 1. The van der Waals surface area contributed by atoms with Gasteiger partial charge in [-0.2, -0.15) is 0 Å². The zero-order valence-electron chi connectivity index (χ0n) is 7.01. The minimum atomic E-state index is 0.719. The summed E-state index contributed by atoms with van der Waals surface area (Å²) in [6, 6.07) is 8.04. The van der Waals surface area contributed by atoms with Gasteiger partial charge in [0.05, 0.1) is 0 Å². The Morgan fingerprint density at radius 3 is 3.00 bits per heavy atom. The molecule has 3 heteroatoms. The molecule has 2 nitrogen and oxygen atoms in total. The average molecular weight is 277 g/mol. The van der Waals surface area contributed by atoms with Gasteiger partial charge in [-0.25, -0.2) is 0 Å². The van der Waals surface area contributed by atoms with E-state index in [1.54, 1.807) is 0 Å². The first kappa shape index (κ1) is 9.80. The van der Waals surface area contributed by atoms with E-state index in [0.717, 1.165) is 18.9 Å². The fraction of sp³-hybridized carbons (Fsp3) is 0.333. The van der Waals surface area contributed by atoms with Crippen molar-refractivity contribution >= 4 is 22.6 Å². The highest BCUT2D eigenvalue weighted by Crippen LogP contribution is 2.14. The first-order valence-electron chi connectivity index (χ1n) is 3.86. The highest BCUT2D eigenvalue weighted by molar-refractivity contribution is 14.1. The van der Waals surface area contributed by atoms with E-state index < -0.39 is 0 Å². The lowest BCUT2D eigenvalue weighted by molar-refractivity contribution is 0.318. The van der Waals surface area contributed by atoms with Crippen molar-refractivity contribution in [1.82, 2.24) is 5.32 Å². The number of hydrogen-bond acceptors (Lipinski definition) is 2. The molecule has 0 saturated heterocycles. The van der Waals surface area contributed by atoms with Gasteiger partial charge in [0.1, 0.15) is 12.4 Å². The van der Waals surface area contributed by atoms with Crippen LogP contribution in [0.1, 0.15) is 0 Å². The van der Waals surface area contributed by atoms with E-state index in [-0.39, 0.29) is 0 Å². The Morgan fingerprint density at radius 2 is 2.33 bits per heavy atom. The van der Waals surface area contributed by atoms with Crippen molar-refractivity contribution < 1.29 is 4.74 Å². The molecule has 0 bridgehead atoms. The molecule has 1 aromatic rings. The van der Waals surface area contributed by atoms with Crippen LogP contribution in [0.3, 0.4) is 0 Å².